The van der Waals surface area contributed by atoms with Crippen LogP contribution in [-0.4, -0.2) is 0 Å². The molecule has 2 saturated carbocycles. The fourth-order valence-corrected chi connectivity index (χ4v) is 5.66. The second-order valence-corrected chi connectivity index (χ2v) is 9.52. The summed E-state index contributed by atoms with van der Waals surface area (Å²) >= 11 is 0. The minimum atomic E-state index is 0. The molecule has 0 unspecified atom stereocenters. The molecule has 0 N–H and O–H groups in total. The molecule has 153 valence electrons. The molecule has 0 amide bonds. The Morgan fingerprint density at radius 2 is 1.50 bits per heavy atom. The first-order valence-electron chi connectivity index (χ1n) is 11.8. The molecule has 0 bridgehead atoms. The van der Waals surface area contributed by atoms with E-state index >= 15 is 0 Å². The van der Waals surface area contributed by atoms with Crippen molar-refractivity contribution in [3.8, 4) is 11.1 Å². The zero-order valence-electron chi connectivity index (χ0n) is 18.3. The van der Waals surface area contributed by atoms with Gasteiger partial charge in [0.2, 0.25) is 0 Å². The Morgan fingerprint density at radius 1 is 0.833 bits per heavy atom. The van der Waals surface area contributed by atoms with E-state index in [9.17, 15) is 0 Å². The van der Waals surface area contributed by atoms with Gasteiger partial charge in [0.25, 0.3) is 0 Å². The molecule has 0 spiro atoms. The third-order valence-electron chi connectivity index (χ3n) is 7.27. The van der Waals surface area contributed by atoms with E-state index in [1.54, 1.807) is 0 Å². The Kier molecular flexibility index (Phi) is 7.30. The molecule has 0 saturated heterocycles. The summed E-state index contributed by atoms with van der Waals surface area (Å²) in [6.07, 6.45) is 22.4. The molecule has 2 aromatic carbocycles. The molecule has 0 aromatic heterocycles. The van der Waals surface area contributed by atoms with Gasteiger partial charge in [0.15, 0.2) is 0 Å². The van der Waals surface area contributed by atoms with Gasteiger partial charge < -0.3 is 0 Å². The van der Waals surface area contributed by atoms with Gasteiger partial charge in [-0.15, -0.1) is 0 Å². The number of allylic oxidation sites excluding steroid dienone is 2. The van der Waals surface area contributed by atoms with Crippen LogP contribution >= 0.6 is 0 Å². The van der Waals surface area contributed by atoms with E-state index in [-0.39, 0.29) is 26.2 Å². The average molecular weight is 473 g/mol. The molecule has 0 aliphatic heterocycles. The van der Waals surface area contributed by atoms with Gasteiger partial charge in [-0.25, -0.2) is 0 Å². The normalized spacial score (nSPS) is 20.9. The number of rotatable bonds is 3. The molecule has 2 aromatic rings. The molecule has 1 radical (unpaired) electrons. The van der Waals surface area contributed by atoms with Crippen LogP contribution in [0.25, 0.3) is 23.3 Å². The summed E-state index contributed by atoms with van der Waals surface area (Å²) in [6, 6.07) is 14.2. The van der Waals surface area contributed by atoms with Crippen LogP contribution in [0.4, 0.5) is 0 Å². The van der Waals surface area contributed by atoms with Crippen molar-refractivity contribution in [3.63, 3.8) is 0 Å². The smallest absolute Gasteiger partial charge is 0 e. The van der Waals surface area contributed by atoms with Crippen LogP contribution in [0.2, 0.25) is 0 Å². The predicted molar refractivity (Wildman–Crippen MR) is 124 cm³/mol. The van der Waals surface area contributed by atoms with Crippen molar-refractivity contribution >= 4 is 12.2 Å². The molecule has 0 atom stereocenters. The first-order chi connectivity index (χ1) is 14.3. The molecule has 5 rings (SSSR count). The van der Waals surface area contributed by atoms with Gasteiger partial charge in [-0.1, -0.05) is 81.0 Å². The van der Waals surface area contributed by atoms with Crippen molar-refractivity contribution in [3.05, 3.63) is 69.6 Å². The molecular weight excluding hydrogens is 440 g/mol. The molecule has 1 heteroatoms. The molecule has 30 heavy (non-hydrogen) atoms. The van der Waals surface area contributed by atoms with Gasteiger partial charge in [-0.2, -0.15) is 0 Å². The van der Waals surface area contributed by atoms with Crippen LogP contribution in [0.15, 0.2) is 48.0 Å². The van der Waals surface area contributed by atoms with Crippen LogP contribution in [0.1, 0.15) is 81.3 Å². The van der Waals surface area contributed by atoms with Crippen LogP contribution < -0.4 is 10.4 Å². The van der Waals surface area contributed by atoms with Crippen molar-refractivity contribution in [1.82, 2.24) is 0 Å². The van der Waals surface area contributed by atoms with Crippen LogP contribution in [0.5, 0.6) is 0 Å². The Morgan fingerprint density at radius 3 is 2.20 bits per heavy atom. The summed E-state index contributed by atoms with van der Waals surface area (Å²) < 4.78 is 0. The van der Waals surface area contributed by atoms with E-state index in [1.807, 2.05) is 0 Å². The van der Waals surface area contributed by atoms with Crippen LogP contribution in [0.3, 0.4) is 0 Å². The summed E-state index contributed by atoms with van der Waals surface area (Å²) in [6.45, 7) is 2.21. The fraction of sp³-hybridized carbons (Fsp3) is 0.448. The number of fused-ring (bicyclic) bond motifs is 1. The van der Waals surface area contributed by atoms with E-state index in [0.29, 0.717) is 0 Å². The molecule has 2 fully saturated rings. The molecular formula is C29H33Zr. The largest absolute Gasteiger partial charge is 0.0735 e. The van der Waals surface area contributed by atoms with E-state index in [4.69, 9.17) is 0 Å². The fourth-order valence-electron chi connectivity index (χ4n) is 5.66. The topological polar surface area (TPSA) is 0 Å². The molecule has 3 aliphatic carbocycles. The van der Waals surface area contributed by atoms with Gasteiger partial charge in [-0.05, 0) is 94.9 Å². The second kappa shape index (κ2) is 9.95. The van der Waals surface area contributed by atoms with Crippen molar-refractivity contribution in [1.29, 1.82) is 0 Å². The third kappa shape index (κ3) is 4.83. The van der Waals surface area contributed by atoms with E-state index in [2.05, 4.69) is 61.5 Å². The minimum Gasteiger partial charge on any atom is -0.0735 e. The zero-order chi connectivity index (χ0) is 19.6. The maximum atomic E-state index is 3.70. The number of hydrogen-bond donors (Lipinski definition) is 0. The van der Waals surface area contributed by atoms with Crippen molar-refractivity contribution < 1.29 is 26.2 Å². The number of hydrogen-bond acceptors (Lipinski definition) is 0. The standard InChI is InChI=1S/C29H33.Zr/c1-21-16-27-19-23(18-22-8-4-2-5-9-22)20-29(27)28(17-21)26-14-12-25(13-15-26)24-10-6-3-7-11-24;/h12-18,20,22,24H,2-11H2,1H3;. The van der Waals surface area contributed by atoms with Crippen molar-refractivity contribution in [2.24, 2.45) is 5.92 Å². The van der Waals surface area contributed by atoms with Gasteiger partial charge >= 0.3 is 0 Å². The minimum absolute atomic E-state index is 0. The third-order valence-corrected chi connectivity index (χ3v) is 7.27. The zero-order valence-corrected chi connectivity index (χ0v) is 20.8. The SMILES string of the molecule is Cc1cc(-c2ccc(C3CCCCC3)cc2)c2c(c1)=[C]C(=CC1CCCCC1)C=2.[Zr]. The van der Waals surface area contributed by atoms with Crippen LogP contribution in [-0.2, 0) is 26.2 Å². The Bertz CT molecular complexity index is 1010. The van der Waals surface area contributed by atoms with Crippen LogP contribution in [0, 0.1) is 12.8 Å². The average Bonchev–Trinajstić information content (AvgIpc) is 3.16. The summed E-state index contributed by atoms with van der Waals surface area (Å²) in [4.78, 5) is 0. The molecule has 0 heterocycles. The maximum Gasteiger partial charge on any atom is 0 e. The summed E-state index contributed by atoms with van der Waals surface area (Å²) in [7, 11) is 0. The van der Waals surface area contributed by atoms with Gasteiger partial charge in [0.05, 0.1) is 0 Å². The summed E-state index contributed by atoms with van der Waals surface area (Å²) in [5.74, 6) is 1.52. The Labute approximate surface area is 201 Å². The molecule has 3 aliphatic rings. The first-order valence-corrected chi connectivity index (χ1v) is 11.8. The maximum absolute atomic E-state index is 3.70. The Hall–Kier alpha value is -1.20. The van der Waals surface area contributed by atoms with Gasteiger partial charge in [-0.3, -0.25) is 0 Å². The molecule has 0 nitrogen and oxygen atoms in total. The monoisotopic (exact) mass is 471 g/mol. The van der Waals surface area contributed by atoms with E-state index in [0.717, 1.165) is 11.8 Å². The van der Waals surface area contributed by atoms with E-state index < -0.39 is 0 Å². The van der Waals surface area contributed by atoms with Gasteiger partial charge in [0, 0.05) is 26.2 Å². The van der Waals surface area contributed by atoms with Crippen molar-refractivity contribution in [2.75, 3.05) is 0 Å². The second-order valence-electron chi connectivity index (χ2n) is 9.52. The van der Waals surface area contributed by atoms with E-state index in [1.165, 1.54) is 102 Å². The predicted octanol–water partition coefficient (Wildman–Crippen LogP) is 6.67. The quantitative estimate of drug-likeness (QED) is 0.468. The number of benzene rings is 2. The first kappa shape index (κ1) is 22.0. The summed E-state index contributed by atoms with van der Waals surface area (Å²) in [5, 5.41) is 2.64. The number of aryl methyl sites for hydroxylation is 1. The summed E-state index contributed by atoms with van der Waals surface area (Å²) in [5.41, 5.74) is 6.89. The van der Waals surface area contributed by atoms with Crippen molar-refractivity contribution in [2.45, 2.75) is 77.0 Å². The Balaban J connectivity index is 0.00000218. The van der Waals surface area contributed by atoms with Gasteiger partial charge in [0.1, 0.15) is 0 Å².